The van der Waals surface area contributed by atoms with Crippen molar-refractivity contribution in [1.29, 1.82) is 0 Å². The van der Waals surface area contributed by atoms with Crippen molar-refractivity contribution < 1.29 is 114 Å². The molecule has 0 N–H and O–H groups in total. The van der Waals surface area contributed by atoms with E-state index in [4.69, 9.17) is 58.4 Å². The van der Waals surface area contributed by atoms with Crippen LogP contribution in [-0.2, 0) is 127 Å². The zero-order valence-corrected chi connectivity index (χ0v) is 43.2. The Morgan fingerprint density at radius 3 is 0.667 bits per heavy atom. The predicted octanol–water partition coefficient (Wildman–Crippen LogP) is 0.823. The monoisotopic (exact) mass is 1130 g/mol. The Bertz CT molecular complexity index is 2700. The molecule has 0 saturated heterocycles. The fourth-order valence-electron chi connectivity index (χ4n) is 4.30. The Labute approximate surface area is 460 Å². The van der Waals surface area contributed by atoms with Crippen LogP contribution in [0, 0.1) is 71.0 Å². The lowest BCUT2D eigenvalue weighted by atomic mass is 10.1. The zero-order valence-electron chi connectivity index (χ0n) is 43.2. The van der Waals surface area contributed by atoms with Gasteiger partial charge in [-0.1, -0.05) is 34.5 Å². The highest BCUT2D eigenvalue weighted by Crippen LogP contribution is 2.08. The molecule has 0 atom stereocenters. The molecule has 0 aromatic heterocycles. The van der Waals surface area contributed by atoms with E-state index in [1.807, 2.05) is 95.3 Å². The van der Waals surface area contributed by atoms with Gasteiger partial charge in [-0.2, -0.15) is 0 Å². The van der Waals surface area contributed by atoms with Crippen molar-refractivity contribution in [3.8, 4) is 71.0 Å². The summed E-state index contributed by atoms with van der Waals surface area (Å²) in [7, 11) is 0. The molecule has 0 fully saturated rings. The summed E-state index contributed by atoms with van der Waals surface area (Å²) in [4.78, 5) is 143. The molecule has 0 unspecified atom stereocenters. The van der Waals surface area contributed by atoms with Gasteiger partial charge in [0.1, 0.15) is 0 Å². The molecule has 0 aliphatic carbocycles. The van der Waals surface area contributed by atoms with Gasteiger partial charge in [-0.25, -0.2) is 57.5 Å². The fourth-order valence-corrected chi connectivity index (χ4v) is 4.30. The quantitative estimate of drug-likeness (QED) is 0.0181. The van der Waals surface area contributed by atoms with Crippen LogP contribution < -0.4 is 0 Å². The topological polar surface area (TPSA) is 413 Å². The number of rotatable bonds is 26. The summed E-state index contributed by atoms with van der Waals surface area (Å²) in [5, 5.41) is 6.88. The molecule has 1 rings (SSSR count). The predicted molar refractivity (Wildman–Crippen MR) is 265 cm³/mol. The number of azide groups is 2. The van der Waals surface area contributed by atoms with Crippen LogP contribution in [0.4, 0.5) is 0 Å². The minimum absolute atomic E-state index is 0.00199. The molecule has 0 bridgehead atoms. The highest BCUT2D eigenvalue weighted by atomic mass is 16.6. The van der Waals surface area contributed by atoms with E-state index in [9.17, 15) is 57.5 Å². The first-order valence-corrected chi connectivity index (χ1v) is 23.2. The van der Waals surface area contributed by atoms with Gasteiger partial charge >= 0.3 is 71.6 Å². The number of esters is 12. The molecule has 1 aromatic carbocycles. The SMILES string of the molecule is CCOC(=O)C#CC(=O)OCCCOC(=O)C#CC(=O)OCCCOC(=O)C#CC(=O)OCCCOC(=O)C#CC(=O)OCCCOC(=O)C#CC(=O)OCCCOC(=O)C#CC(=O)OCC.[N-]=[N+]=NCc1cccc(CN=[N+]=[N-])c1. The van der Waals surface area contributed by atoms with E-state index < -0.39 is 71.6 Å². The molecule has 30 heteroatoms. The molecular weight excluding hydrogens is 1080 g/mol. The summed E-state index contributed by atoms with van der Waals surface area (Å²) in [6.07, 6.45) is 0.177. The van der Waals surface area contributed by atoms with Crippen LogP contribution in [0.3, 0.4) is 0 Å². The average molecular weight is 1130 g/mol. The van der Waals surface area contributed by atoms with E-state index >= 15 is 0 Å². The lowest BCUT2D eigenvalue weighted by Crippen LogP contribution is -2.11. The maximum absolute atomic E-state index is 11.7. The summed E-state index contributed by atoms with van der Waals surface area (Å²) >= 11 is 0. The minimum atomic E-state index is -1.10. The van der Waals surface area contributed by atoms with Gasteiger partial charge in [0.15, 0.2) is 0 Å². The summed E-state index contributed by atoms with van der Waals surface area (Å²) in [5.74, 6) is 10.3. The number of nitrogens with zero attached hydrogens (tertiary/aromatic N) is 6. The van der Waals surface area contributed by atoms with Crippen LogP contribution in [0.25, 0.3) is 20.9 Å². The summed E-state index contributed by atoms with van der Waals surface area (Å²) in [5.41, 5.74) is 18.1. The number of ether oxygens (including phenoxy) is 12. The summed E-state index contributed by atoms with van der Waals surface area (Å²) < 4.78 is 56.3. The first kappa shape index (κ1) is 69.8. The van der Waals surface area contributed by atoms with Crippen LogP contribution in [0.2, 0.25) is 0 Å². The maximum Gasteiger partial charge on any atom is 0.384 e. The third kappa shape index (κ3) is 44.8. The van der Waals surface area contributed by atoms with Gasteiger partial charge in [-0.15, -0.1) is 0 Å². The fraction of sp³-hybridized carbons (Fsp3) is 0.412. The van der Waals surface area contributed by atoms with Gasteiger partial charge in [0.05, 0.1) is 92.4 Å². The first-order chi connectivity index (χ1) is 39.0. The third-order valence-corrected chi connectivity index (χ3v) is 7.55. The Morgan fingerprint density at radius 1 is 0.333 bits per heavy atom. The van der Waals surface area contributed by atoms with Gasteiger partial charge in [-0.05, 0) is 36.0 Å². The van der Waals surface area contributed by atoms with E-state index in [-0.39, 0.29) is 111 Å². The van der Waals surface area contributed by atoms with Gasteiger partial charge in [0.25, 0.3) is 0 Å². The van der Waals surface area contributed by atoms with Crippen molar-refractivity contribution in [2.45, 2.75) is 59.0 Å². The van der Waals surface area contributed by atoms with Gasteiger partial charge in [0, 0.05) is 113 Å². The molecule has 0 spiro atoms. The van der Waals surface area contributed by atoms with Crippen LogP contribution in [0.5, 0.6) is 0 Å². The van der Waals surface area contributed by atoms with Gasteiger partial charge in [0.2, 0.25) is 0 Å². The molecular formula is C51H48N6O24. The number of carbonyl (C=O) groups is 12. The Morgan fingerprint density at radius 2 is 0.506 bits per heavy atom. The maximum atomic E-state index is 11.7. The van der Waals surface area contributed by atoms with Crippen molar-refractivity contribution in [2.75, 3.05) is 79.3 Å². The van der Waals surface area contributed by atoms with Crippen molar-refractivity contribution >= 4 is 71.6 Å². The van der Waals surface area contributed by atoms with E-state index in [1.54, 1.807) is 13.8 Å². The summed E-state index contributed by atoms with van der Waals surface area (Å²) in [6, 6.07) is 7.40. The zero-order chi connectivity index (χ0) is 60.1. The van der Waals surface area contributed by atoms with Crippen LogP contribution in [-0.4, -0.2) is 151 Å². The number of benzene rings is 1. The van der Waals surface area contributed by atoms with Gasteiger partial charge in [-0.3, -0.25) is 0 Å². The Hall–Kier alpha value is -11.2. The van der Waals surface area contributed by atoms with E-state index in [0.717, 1.165) is 11.1 Å². The number of hydrogen-bond donors (Lipinski definition) is 0. The Kier molecular flexibility index (Phi) is 40.8. The number of carbonyl (C=O) groups excluding carboxylic acids is 12. The number of hydrogen-bond acceptors (Lipinski definition) is 26. The van der Waals surface area contributed by atoms with Crippen molar-refractivity contribution in [3.63, 3.8) is 0 Å². The van der Waals surface area contributed by atoms with Crippen molar-refractivity contribution in [3.05, 3.63) is 56.3 Å². The molecule has 0 saturated carbocycles. The second-order valence-corrected chi connectivity index (χ2v) is 13.7. The molecule has 1 aromatic rings. The molecule has 30 nitrogen and oxygen atoms in total. The van der Waals surface area contributed by atoms with E-state index in [1.165, 1.54) is 0 Å². The van der Waals surface area contributed by atoms with E-state index in [2.05, 4.69) is 29.5 Å². The van der Waals surface area contributed by atoms with Crippen LogP contribution >= 0.6 is 0 Å². The molecule has 81 heavy (non-hydrogen) atoms. The third-order valence-electron chi connectivity index (χ3n) is 7.55. The second kappa shape index (κ2) is 47.3. The minimum Gasteiger partial charge on any atom is -0.456 e. The summed E-state index contributed by atoms with van der Waals surface area (Å²) in [6.45, 7) is 1.61. The van der Waals surface area contributed by atoms with Crippen molar-refractivity contribution in [1.82, 2.24) is 0 Å². The normalized spacial score (nSPS) is 8.81. The highest BCUT2D eigenvalue weighted by molar-refractivity contribution is 6.01. The smallest absolute Gasteiger partial charge is 0.384 e. The average Bonchev–Trinajstić information content (AvgIpc) is 3.44. The molecule has 0 aliphatic rings. The first-order valence-electron chi connectivity index (χ1n) is 23.2. The molecule has 0 radical (unpaired) electrons. The molecule has 0 aliphatic heterocycles. The lowest BCUT2D eigenvalue weighted by Gasteiger charge is -2.02. The highest BCUT2D eigenvalue weighted by Gasteiger charge is 2.08. The molecule has 426 valence electrons. The standard InChI is InChI=1S/C43H40O24.C8H8N6/c1-3-56-32(44)10-12-34(46)58-22-5-24-60-36(48)14-16-38(50)62-26-7-28-64-40(52)18-20-42(54)66-30-9-31-67-43(55)21-19-41(53)65-29-8-27-63-39(51)17-15-37(49)61-25-6-23-59-35(47)13-11-33(45)57-4-2;9-13-11-5-7-2-1-3-8(4-7)6-12-14-10/h3-9,22-31H2,1-2H3;1-4H,5-6H2. The lowest BCUT2D eigenvalue weighted by molar-refractivity contribution is -0.142. The second-order valence-electron chi connectivity index (χ2n) is 13.7. The van der Waals surface area contributed by atoms with Crippen LogP contribution in [0.15, 0.2) is 34.5 Å². The van der Waals surface area contributed by atoms with Crippen LogP contribution in [0.1, 0.15) is 57.1 Å². The van der Waals surface area contributed by atoms with Crippen molar-refractivity contribution in [2.24, 2.45) is 10.2 Å². The van der Waals surface area contributed by atoms with Gasteiger partial charge < -0.3 is 56.8 Å². The molecule has 0 heterocycles. The molecule has 0 amide bonds. The Balaban J connectivity index is 0.00000394. The van der Waals surface area contributed by atoms with E-state index in [0.29, 0.717) is 13.1 Å². The largest absolute Gasteiger partial charge is 0.456 e.